The van der Waals surface area contributed by atoms with Crippen LogP contribution in [0, 0.1) is 5.92 Å². The highest BCUT2D eigenvalue weighted by Gasteiger charge is 2.15. The Labute approximate surface area is 92.1 Å². The summed E-state index contributed by atoms with van der Waals surface area (Å²) in [5.41, 5.74) is 2.09. The molecular weight excluding hydrogens is 188 g/mol. The van der Waals surface area contributed by atoms with E-state index in [9.17, 15) is 5.11 Å². The molecule has 0 unspecified atom stereocenters. The van der Waals surface area contributed by atoms with Gasteiger partial charge in [0.2, 0.25) is 5.88 Å². The average Bonchev–Trinajstić information content (AvgIpc) is 2.43. The molecule has 0 radical (unpaired) electrons. The zero-order chi connectivity index (χ0) is 11.4. The zero-order valence-electron chi connectivity index (χ0n) is 10.2. The van der Waals surface area contributed by atoms with Crippen molar-refractivity contribution in [3.8, 4) is 5.88 Å². The minimum absolute atomic E-state index is 0.370. The predicted molar refractivity (Wildman–Crippen MR) is 62.1 cm³/mol. The molecule has 3 nitrogen and oxygen atoms in total. The minimum atomic E-state index is 0.370. The number of aryl methyl sites for hydroxylation is 1. The lowest BCUT2D eigenvalue weighted by atomic mass is 10.0. The fourth-order valence-electron chi connectivity index (χ4n) is 1.82. The molecule has 86 valence electrons. The van der Waals surface area contributed by atoms with Gasteiger partial charge >= 0.3 is 0 Å². The van der Waals surface area contributed by atoms with E-state index in [1.54, 1.807) is 4.68 Å². The van der Waals surface area contributed by atoms with Gasteiger partial charge in [-0.2, -0.15) is 5.10 Å². The van der Waals surface area contributed by atoms with Crippen LogP contribution in [0.3, 0.4) is 0 Å². The quantitative estimate of drug-likeness (QED) is 0.811. The molecule has 0 atom stereocenters. The van der Waals surface area contributed by atoms with Crippen LogP contribution in [-0.4, -0.2) is 14.9 Å². The molecule has 0 amide bonds. The van der Waals surface area contributed by atoms with E-state index in [-0.39, 0.29) is 0 Å². The Balaban J connectivity index is 2.98. The molecule has 15 heavy (non-hydrogen) atoms. The normalized spacial score (nSPS) is 11.3. The van der Waals surface area contributed by atoms with Gasteiger partial charge in [-0.15, -0.1) is 0 Å². The largest absolute Gasteiger partial charge is 0.493 e. The Bertz CT molecular complexity index is 316. The van der Waals surface area contributed by atoms with Crippen molar-refractivity contribution in [2.45, 2.75) is 53.5 Å². The molecule has 0 fully saturated rings. The highest BCUT2D eigenvalue weighted by atomic mass is 16.3. The van der Waals surface area contributed by atoms with E-state index in [1.807, 2.05) is 0 Å². The van der Waals surface area contributed by atoms with E-state index in [0.717, 1.165) is 37.1 Å². The maximum atomic E-state index is 9.95. The number of hydrogen-bond donors (Lipinski definition) is 1. The molecule has 3 heteroatoms. The molecule has 1 heterocycles. The number of nitrogens with zero attached hydrogens (tertiary/aromatic N) is 2. The first kappa shape index (κ1) is 12.1. The van der Waals surface area contributed by atoms with Crippen molar-refractivity contribution < 1.29 is 5.11 Å². The predicted octanol–water partition coefficient (Wildman–Crippen LogP) is 2.76. The second kappa shape index (κ2) is 5.19. The Morgan fingerprint density at radius 3 is 2.47 bits per heavy atom. The maximum absolute atomic E-state index is 9.95. The highest BCUT2D eigenvalue weighted by Crippen LogP contribution is 2.24. The number of aromatic hydroxyl groups is 1. The molecule has 0 bridgehead atoms. The van der Waals surface area contributed by atoms with Gasteiger partial charge in [0, 0.05) is 12.1 Å². The molecule has 0 spiro atoms. The number of rotatable bonds is 5. The van der Waals surface area contributed by atoms with Gasteiger partial charge in [0.1, 0.15) is 0 Å². The third kappa shape index (κ3) is 2.74. The summed E-state index contributed by atoms with van der Waals surface area (Å²) in [6.07, 6.45) is 2.81. The van der Waals surface area contributed by atoms with E-state index >= 15 is 0 Å². The van der Waals surface area contributed by atoms with Gasteiger partial charge in [0.25, 0.3) is 0 Å². The zero-order valence-corrected chi connectivity index (χ0v) is 10.2. The Kier molecular flexibility index (Phi) is 4.18. The number of hydrogen-bond acceptors (Lipinski definition) is 2. The summed E-state index contributed by atoms with van der Waals surface area (Å²) in [7, 11) is 0. The first-order chi connectivity index (χ1) is 7.10. The van der Waals surface area contributed by atoms with Crippen molar-refractivity contribution >= 4 is 0 Å². The SMILES string of the molecule is CCCn1nc(CC(C)C)c(CC)c1O. The van der Waals surface area contributed by atoms with E-state index in [2.05, 4.69) is 32.8 Å². The molecule has 1 aromatic heterocycles. The fraction of sp³-hybridized carbons (Fsp3) is 0.750. The van der Waals surface area contributed by atoms with Crippen molar-refractivity contribution in [1.82, 2.24) is 9.78 Å². The Morgan fingerprint density at radius 2 is 2.00 bits per heavy atom. The second-order valence-corrected chi connectivity index (χ2v) is 4.42. The monoisotopic (exact) mass is 210 g/mol. The molecule has 0 aliphatic heterocycles. The molecular formula is C12H22N2O. The lowest BCUT2D eigenvalue weighted by molar-refractivity contribution is 0.393. The van der Waals surface area contributed by atoms with Crippen LogP contribution in [0.15, 0.2) is 0 Å². The standard InChI is InChI=1S/C12H22N2O/c1-5-7-14-12(15)10(6-2)11(13-14)8-9(3)4/h9,15H,5-8H2,1-4H3. The molecule has 0 aromatic carbocycles. The van der Waals surface area contributed by atoms with E-state index in [1.165, 1.54) is 0 Å². The fourth-order valence-corrected chi connectivity index (χ4v) is 1.82. The van der Waals surface area contributed by atoms with Crippen LogP contribution in [-0.2, 0) is 19.4 Å². The number of aromatic nitrogens is 2. The summed E-state index contributed by atoms with van der Waals surface area (Å²) in [6, 6.07) is 0. The van der Waals surface area contributed by atoms with Crippen molar-refractivity contribution in [1.29, 1.82) is 0 Å². The molecule has 1 rings (SSSR count). The second-order valence-electron chi connectivity index (χ2n) is 4.42. The lowest BCUT2D eigenvalue weighted by Gasteiger charge is -2.02. The van der Waals surface area contributed by atoms with Crippen LogP contribution in [0.2, 0.25) is 0 Å². The summed E-state index contributed by atoms with van der Waals surface area (Å²) in [5.74, 6) is 0.953. The van der Waals surface area contributed by atoms with Crippen LogP contribution in [0.5, 0.6) is 5.88 Å². The van der Waals surface area contributed by atoms with Gasteiger partial charge < -0.3 is 5.11 Å². The summed E-state index contributed by atoms with van der Waals surface area (Å²) < 4.78 is 1.73. The summed E-state index contributed by atoms with van der Waals surface area (Å²) in [5, 5.41) is 14.4. The molecule has 0 saturated carbocycles. The maximum Gasteiger partial charge on any atom is 0.212 e. The van der Waals surface area contributed by atoms with Gasteiger partial charge in [-0.05, 0) is 25.2 Å². The summed E-state index contributed by atoms with van der Waals surface area (Å²) in [4.78, 5) is 0. The van der Waals surface area contributed by atoms with Crippen LogP contribution >= 0.6 is 0 Å². The topological polar surface area (TPSA) is 38.0 Å². The van der Waals surface area contributed by atoms with E-state index in [0.29, 0.717) is 11.8 Å². The third-order valence-corrected chi connectivity index (χ3v) is 2.49. The summed E-state index contributed by atoms with van der Waals surface area (Å²) in [6.45, 7) is 9.31. The van der Waals surface area contributed by atoms with Crippen molar-refractivity contribution in [3.63, 3.8) is 0 Å². The highest BCUT2D eigenvalue weighted by molar-refractivity contribution is 5.30. The summed E-state index contributed by atoms with van der Waals surface area (Å²) >= 11 is 0. The third-order valence-electron chi connectivity index (χ3n) is 2.49. The van der Waals surface area contributed by atoms with Crippen LogP contribution in [0.25, 0.3) is 0 Å². The molecule has 1 N–H and O–H groups in total. The first-order valence-electron chi connectivity index (χ1n) is 5.87. The van der Waals surface area contributed by atoms with E-state index < -0.39 is 0 Å². The molecule has 0 aliphatic carbocycles. The molecule has 1 aromatic rings. The van der Waals surface area contributed by atoms with Crippen molar-refractivity contribution in [2.75, 3.05) is 0 Å². The van der Waals surface area contributed by atoms with Crippen molar-refractivity contribution in [2.24, 2.45) is 5.92 Å². The Morgan fingerprint density at radius 1 is 1.33 bits per heavy atom. The van der Waals surface area contributed by atoms with Crippen LogP contribution < -0.4 is 0 Å². The van der Waals surface area contributed by atoms with E-state index in [4.69, 9.17) is 0 Å². The molecule has 0 saturated heterocycles. The Hall–Kier alpha value is -0.990. The van der Waals surface area contributed by atoms with Crippen LogP contribution in [0.1, 0.15) is 45.4 Å². The first-order valence-corrected chi connectivity index (χ1v) is 5.87. The minimum Gasteiger partial charge on any atom is -0.493 e. The van der Waals surface area contributed by atoms with Gasteiger partial charge in [-0.1, -0.05) is 27.7 Å². The smallest absolute Gasteiger partial charge is 0.212 e. The van der Waals surface area contributed by atoms with Gasteiger partial charge in [-0.25, -0.2) is 4.68 Å². The van der Waals surface area contributed by atoms with Gasteiger partial charge in [-0.3, -0.25) is 0 Å². The van der Waals surface area contributed by atoms with Crippen LogP contribution in [0.4, 0.5) is 0 Å². The van der Waals surface area contributed by atoms with Crippen molar-refractivity contribution in [3.05, 3.63) is 11.3 Å². The van der Waals surface area contributed by atoms with Gasteiger partial charge in [0.15, 0.2) is 0 Å². The lowest BCUT2D eigenvalue weighted by Crippen LogP contribution is -2.01. The average molecular weight is 210 g/mol. The van der Waals surface area contributed by atoms with Gasteiger partial charge in [0.05, 0.1) is 5.69 Å². The molecule has 0 aliphatic rings.